The zero-order valence-electron chi connectivity index (χ0n) is 2.14. The first-order valence-corrected chi connectivity index (χ1v) is 3.30. The minimum absolute atomic E-state index is 0.199. The van der Waals surface area contributed by atoms with Crippen LogP contribution in [0.15, 0.2) is 0 Å². The summed E-state index contributed by atoms with van der Waals surface area (Å²) in [4.78, 5) is 0. The lowest BCUT2D eigenvalue weighted by atomic mass is 10.6. The van der Waals surface area contributed by atoms with E-state index in [0.717, 1.165) is 0 Å². The zero-order chi connectivity index (χ0) is 3.41. The molecular formula is H4BOPS. The van der Waals surface area contributed by atoms with E-state index in [0.29, 0.717) is 0 Å². The van der Waals surface area contributed by atoms with Crippen molar-refractivity contribution in [3.8, 4) is 0 Å². The summed E-state index contributed by atoms with van der Waals surface area (Å²) in [6.45, 7) is 0.199. The van der Waals surface area contributed by atoms with E-state index in [1.54, 1.807) is 0 Å². The Morgan fingerprint density at radius 2 is 2.25 bits per heavy atom. The van der Waals surface area contributed by atoms with Crippen molar-refractivity contribution < 1.29 is 5.02 Å². The lowest BCUT2D eigenvalue weighted by molar-refractivity contribution is 0.623. The summed E-state index contributed by atoms with van der Waals surface area (Å²) < 4.78 is 0. The molecule has 0 amide bonds. The van der Waals surface area contributed by atoms with E-state index in [1.807, 2.05) is 0 Å². The summed E-state index contributed by atoms with van der Waals surface area (Å²) in [6, 6.07) is 0. The Morgan fingerprint density at radius 1 is 2.00 bits per heavy atom. The van der Waals surface area contributed by atoms with Gasteiger partial charge in [0.15, 0.2) is 0 Å². The Labute approximate surface area is 32.3 Å². The summed E-state index contributed by atoms with van der Waals surface area (Å²) in [7, 11) is 2.32. The molecule has 0 spiro atoms. The van der Waals surface area contributed by atoms with E-state index >= 15 is 0 Å². The monoisotopic (exact) mass is 94.0 g/mol. The SMILES string of the molecule is OBSP. The van der Waals surface area contributed by atoms with Gasteiger partial charge in [0.1, 0.15) is 0 Å². The molecule has 0 aliphatic heterocycles. The van der Waals surface area contributed by atoms with Crippen LogP contribution in [0.1, 0.15) is 0 Å². The highest BCUT2D eigenvalue weighted by atomic mass is 32.7. The first-order valence-electron chi connectivity index (χ1n) is 0.841. The smallest absolute Gasteiger partial charge is 0.343 e. The van der Waals surface area contributed by atoms with Gasteiger partial charge in [-0.05, 0) is 0 Å². The summed E-state index contributed by atoms with van der Waals surface area (Å²) in [5.41, 5.74) is 0. The third kappa shape index (κ3) is 2.80. The number of rotatable bonds is 1. The lowest BCUT2D eigenvalue weighted by Gasteiger charge is -1.65. The van der Waals surface area contributed by atoms with Gasteiger partial charge in [0.05, 0.1) is 0 Å². The third-order valence-electron chi connectivity index (χ3n) is 0.0745. The molecular weight excluding hydrogens is 89.9 g/mol. The van der Waals surface area contributed by atoms with Crippen molar-refractivity contribution in [1.82, 2.24) is 0 Å². The van der Waals surface area contributed by atoms with Crippen LogP contribution in [0.4, 0.5) is 0 Å². The molecule has 1 atom stereocenters. The molecule has 0 radical (unpaired) electrons. The summed E-state index contributed by atoms with van der Waals surface area (Å²) in [6.07, 6.45) is 0. The molecule has 0 bridgehead atoms. The van der Waals surface area contributed by atoms with Gasteiger partial charge in [0.2, 0.25) is 0 Å². The van der Waals surface area contributed by atoms with Crippen LogP contribution in [-0.2, 0) is 0 Å². The van der Waals surface area contributed by atoms with E-state index < -0.39 is 0 Å². The molecule has 0 aliphatic carbocycles. The zero-order valence-corrected chi connectivity index (χ0v) is 4.11. The molecule has 0 heterocycles. The fourth-order valence-electron chi connectivity index (χ4n) is 0. The van der Waals surface area contributed by atoms with Crippen LogP contribution in [0.3, 0.4) is 0 Å². The number of hydrogen-bond donors (Lipinski definition) is 1. The second-order valence-corrected chi connectivity index (χ2v) is 1.89. The Morgan fingerprint density at radius 3 is 2.25 bits per heavy atom. The standard InChI is InChI=1S/BH4OPS/c2-1-4-3/h1-2H,3H2. The van der Waals surface area contributed by atoms with Gasteiger partial charge < -0.3 is 5.02 Å². The van der Waals surface area contributed by atoms with E-state index in [-0.39, 0.29) is 6.76 Å². The van der Waals surface area contributed by atoms with E-state index in [4.69, 9.17) is 5.02 Å². The predicted octanol–water partition coefficient (Wildman–Crippen LogP) is -0.232. The highest BCUT2D eigenvalue weighted by molar-refractivity contribution is 8.57. The molecule has 1 unspecified atom stereocenters. The van der Waals surface area contributed by atoms with Gasteiger partial charge >= 0.3 is 6.76 Å². The van der Waals surface area contributed by atoms with Crippen molar-refractivity contribution in [1.29, 1.82) is 0 Å². The van der Waals surface area contributed by atoms with Gasteiger partial charge in [-0.2, -0.15) is 11.2 Å². The van der Waals surface area contributed by atoms with Crippen molar-refractivity contribution in [2.75, 3.05) is 0 Å². The van der Waals surface area contributed by atoms with Crippen LogP contribution in [0.2, 0.25) is 0 Å². The largest absolute Gasteiger partial charge is 0.444 e. The highest BCUT2D eigenvalue weighted by Crippen LogP contribution is 2.02. The topological polar surface area (TPSA) is 20.2 Å². The molecule has 1 nitrogen and oxygen atoms in total. The molecule has 0 aromatic carbocycles. The normalized spacial score (nSPS) is 6.50. The van der Waals surface area contributed by atoms with E-state index in [9.17, 15) is 0 Å². The molecule has 1 N–H and O–H groups in total. The predicted molar refractivity (Wildman–Crippen MR) is 26.7 cm³/mol. The quantitative estimate of drug-likeness (QED) is 0.357. The van der Waals surface area contributed by atoms with Gasteiger partial charge in [-0.3, -0.25) is 0 Å². The maximum absolute atomic E-state index is 7.82. The Kier molecular flexibility index (Phi) is 4.57. The number of hydrogen-bond acceptors (Lipinski definition) is 2. The Hall–Kier alpha value is 0.805. The van der Waals surface area contributed by atoms with Crippen LogP contribution in [0, 0.1) is 0 Å². The highest BCUT2D eigenvalue weighted by Gasteiger charge is 1.64. The van der Waals surface area contributed by atoms with Gasteiger partial charge in [-0.15, -0.1) is 0 Å². The fraction of sp³-hybridized carbons (Fsp3) is 0. The minimum Gasteiger partial charge on any atom is -0.444 e. The first-order chi connectivity index (χ1) is 1.91. The van der Waals surface area contributed by atoms with Crippen LogP contribution < -0.4 is 0 Å². The minimum atomic E-state index is 0.199. The molecule has 24 valence electrons. The molecule has 0 aromatic heterocycles. The van der Waals surface area contributed by atoms with Crippen LogP contribution in [0.5, 0.6) is 0 Å². The maximum atomic E-state index is 7.82. The van der Waals surface area contributed by atoms with Crippen molar-refractivity contribution in [2.24, 2.45) is 0 Å². The second-order valence-electron chi connectivity index (χ2n) is 0.296. The second kappa shape index (κ2) is 3.80. The average molecular weight is 93.9 g/mol. The van der Waals surface area contributed by atoms with Gasteiger partial charge in [-0.1, -0.05) is 8.44 Å². The molecule has 0 aliphatic rings. The molecule has 0 aromatic rings. The van der Waals surface area contributed by atoms with Crippen molar-refractivity contribution in [3.63, 3.8) is 0 Å². The molecule has 4 heteroatoms. The van der Waals surface area contributed by atoms with E-state index in [1.165, 1.54) is 11.2 Å². The summed E-state index contributed by atoms with van der Waals surface area (Å²) in [5.74, 6) is 0. The van der Waals surface area contributed by atoms with Crippen LogP contribution in [0.25, 0.3) is 0 Å². The van der Waals surface area contributed by atoms with E-state index in [2.05, 4.69) is 8.44 Å². The third-order valence-corrected chi connectivity index (χ3v) is 0.671. The Balaban J connectivity index is 1.97. The molecule has 4 heavy (non-hydrogen) atoms. The van der Waals surface area contributed by atoms with Gasteiger partial charge in [-0.25, -0.2) is 0 Å². The van der Waals surface area contributed by atoms with Crippen molar-refractivity contribution in [2.45, 2.75) is 0 Å². The lowest BCUT2D eigenvalue weighted by Crippen LogP contribution is -1.65. The van der Waals surface area contributed by atoms with Crippen molar-refractivity contribution in [3.05, 3.63) is 0 Å². The molecule has 0 saturated heterocycles. The average Bonchev–Trinajstić information content (AvgIpc) is 1.37. The van der Waals surface area contributed by atoms with Gasteiger partial charge in [0.25, 0.3) is 0 Å². The molecule has 0 fully saturated rings. The summed E-state index contributed by atoms with van der Waals surface area (Å²) in [5, 5.41) is 7.82. The van der Waals surface area contributed by atoms with Crippen LogP contribution in [-0.4, -0.2) is 11.8 Å². The van der Waals surface area contributed by atoms with Crippen molar-refractivity contribution >= 4 is 26.4 Å². The van der Waals surface area contributed by atoms with Gasteiger partial charge in [0, 0.05) is 0 Å². The molecule has 0 rings (SSSR count). The summed E-state index contributed by atoms with van der Waals surface area (Å²) >= 11 is 1.33. The fourth-order valence-corrected chi connectivity index (χ4v) is 0. The maximum Gasteiger partial charge on any atom is 0.343 e. The van der Waals surface area contributed by atoms with Crippen LogP contribution >= 0.6 is 19.7 Å². The first kappa shape index (κ1) is 4.80. The molecule has 0 saturated carbocycles. The Bertz CT molecular complexity index is 10.0.